The molecule has 0 fully saturated rings. The quantitative estimate of drug-likeness (QED) is 0.774. The third-order valence-electron chi connectivity index (χ3n) is 3.99. The lowest BCUT2D eigenvalue weighted by Crippen LogP contribution is -2.05. The Balaban J connectivity index is 2.15. The van der Waals surface area contributed by atoms with Gasteiger partial charge in [-0.2, -0.15) is 0 Å². The summed E-state index contributed by atoms with van der Waals surface area (Å²) < 4.78 is 2.14. The highest BCUT2D eigenvalue weighted by atomic mass is 16.4. The van der Waals surface area contributed by atoms with Crippen LogP contribution in [0.1, 0.15) is 40.7 Å². The fourth-order valence-electron chi connectivity index (χ4n) is 2.95. The highest BCUT2D eigenvalue weighted by Crippen LogP contribution is 2.23. The maximum atomic E-state index is 11.4. The molecule has 0 aliphatic rings. The van der Waals surface area contributed by atoms with E-state index in [1.807, 2.05) is 12.1 Å². The monoisotopic (exact) mass is 308 g/mol. The Morgan fingerprint density at radius 1 is 1.22 bits per heavy atom. The van der Waals surface area contributed by atoms with E-state index in [4.69, 9.17) is 0 Å². The molecule has 0 atom stereocenters. The van der Waals surface area contributed by atoms with Gasteiger partial charge in [-0.3, -0.25) is 0 Å². The molecule has 0 unspecified atom stereocenters. The van der Waals surface area contributed by atoms with E-state index in [2.05, 4.69) is 41.6 Å². The van der Waals surface area contributed by atoms with Gasteiger partial charge in [0.1, 0.15) is 11.3 Å². The molecule has 1 heterocycles. The third kappa shape index (κ3) is 2.97. The maximum Gasteiger partial charge on any atom is 0.337 e. The molecule has 0 spiro atoms. The van der Waals surface area contributed by atoms with Crippen molar-refractivity contribution in [2.24, 2.45) is 0 Å². The average Bonchev–Trinajstić information content (AvgIpc) is 2.85. The second kappa shape index (κ2) is 6.24. The number of carboxylic acids is 1. The summed E-state index contributed by atoms with van der Waals surface area (Å²) >= 11 is 0. The number of nitrogens with zero attached hydrogens (tertiary/aromatic N) is 2. The van der Waals surface area contributed by atoms with Gasteiger partial charge in [0.2, 0.25) is 0 Å². The van der Waals surface area contributed by atoms with Gasteiger partial charge >= 0.3 is 5.97 Å². The predicted octanol–water partition coefficient (Wildman–Crippen LogP) is 4.04. The topological polar surface area (TPSA) is 55.1 Å². The number of carboxylic acid groups (broad SMARTS) is 1. The first-order valence-electron chi connectivity index (χ1n) is 7.87. The van der Waals surface area contributed by atoms with Crippen molar-refractivity contribution in [3.05, 3.63) is 65.0 Å². The molecule has 118 valence electrons. The van der Waals surface area contributed by atoms with Gasteiger partial charge in [0.25, 0.3) is 0 Å². The van der Waals surface area contributed by atoms with E-state index >= 15 is 0 Å². The Morgan fingerprint density at radius 2 is 2.00 bits per heavy atom. The van der Waals surface area contributed by atoms with Crippen molar-refractivity contribution in [1.82, 2.24) is 9.55 Å². The Hall–Kier alpha value is -2.62. The van der Waals surface area contributed by atoms with Gasteiger partial charge in [-0.05, 0) is 31.0 Å². The molecule has 0 saturated heterocycles. The number of fused-ring (bicyclic) bond motifs is 1. The van der Waals surface area contributed by atoms with Crippen LogP contribution in [0.25, 0.3) is 11.0 Å². The van der Waals surface area contributed by atoms with Gasteiger partial charge in [-0.15, -0.1) is 0 Å². The fourth-order valence-corrected chi connectivity index (χ4v) is 2.95. The number of para-hydroxylation sites is 1. The predicted molar refractivity (Wildman–Crippen MR) is 91.0 cm³/mol. The molecule has 1 aromatic heterocycles. The minimum absolute atomic E-state index is 0.267. The molecule has 23 heavy (non-hydrogen) atoms. The molecule has 4 nitrogen and oxygen atoms in total. The summed E-state index contributed by atoms with van der Waals surface area (Å²) in [6.07, 6.45) is 1.80. The Bertz CT molecular complexity index is 865. The summed E-state index contributed by atoms with van der Waals surface area (Å²) in [6.45, 7) is 4.88. The molecule has 2 aromatic carbocycles. The minimum Gasteiger partial charge on any atom is -0.478 e. The van der Waals surface area contributed by atoms with E-state index in [1.165, 1.54) is 11.1 Å². The van der Waals surface area contributed by atoms with E-state index in [1.54, 1.807) is 12.1 Å². The third-order valence-corrected chi connectivity index (χ3v) is 3.99. The van der Waals surface area contributed by atoms with Gasteiger partial charge in [0.15, 0.2) is 0 Å². The van der Waals surface area contributed by atoms with E-state index in [0.717, 1.165) is 24.2 Å². The van der Waals surface area contributed by atoms with E-state index in [9.17, 15) is 9.90 Å². The molecule has 0 radical (unpaired) electrons. The lowest BCUT2D eigenvalue weighted by Gasteiger charge is -2.09. The first-order chi connectivity index (χ1) is 11.1. The van der Waals surface area contributed by atoms with Crippen LogP contribution in [-0.2, 0) is 13.0 Å². The normalized spacial score (nSPS) is 11.0. The Kier molecular flexibility index (Phi) is 4.15. The number of imidazole rings is 1. The number of benzene rings is 2. The number of hydrogen-bond donors (Lipinski definition) is 1. The van der Waals surface area contributed by atoms with Crippen LogP contribution in [-0.4, -0.2) is 20.6 Å². The molecule has 0 bridgehead atoms. The van der Waals surface area contributed by atoms with Crippen molar-refractivity contribution in [2.45, 2.75) is 33.2 Å². The van der Waals surface area contributed by atoms with Crippen LogP contribution in [0.4, 0.5) is 0 Å². The lowest BCUT2D eigenvalue weighted by atomic mass is 10.1. The highest BCUT2D eigenvalue weighted by molar-refractivity contribution is 6.01. The van der Waals surface area contributed by atoms with Crippen LogP contribution in [0.2, 0.25) is 0 Å². The smallest absolute Gasteiger partial charge is 0.337 e. The summed E-state index contributed by atoms with van der Waals surface area (Å²) in [5.74, 6) is 0.0107. The molecule has 0 amide bonds. The lowest BCUT2D eigenvalue weighted by molar-refractivity contribution is 0.0699. The Morgan fingerprint density at radius 3 is 2.70 bits per heavy atom. The zero-order valence-corrected chi connectivity index (χ0v) is 13.4. The van der Waals surface area contributed by atoms with Crippen molar-refractivity contribution < 1.29 is 9.90 Å². The second-order valence-corrected chi connectivity index (χ2v) is 5.83. The van der Waals surface area contributed by atoms with Crippen LogP contribution >= 0.6 is 0 Å². The van der Waals surface area contributed by atoms with Crippen LogP contribution in [0.15, 0.2) is 42.5 Å². The second-order valence-electron chi connectivity index (χ2n) is 5.83. The van der Waals surface area contributed by atoms with Crippen molar-refractivity contribution in [3.8, 4) is 0 Å². The number of hydrogen-bond acceptors (Lipinski definition) is 2. The number of aromatic carboxylic acids is 1. The first-order valence-corrected chi connectivity index (χ1v) is 7.87. The summed E-state index contributed by atoms with van der Waals surface area (Å²) in [5.41, 5.74) is 4.14. The molecule has 3 rings (SSSR count). The van der Waals surface area contributed by atoms with Crippen LogP contribution < -0.4 is 0 Å². The number of rotatable bonds is 5. The largest absolute Gasteiger partial charge is 0.478 e. The van der Waals surface area contributed by atoms with Crippen molar-refractivity contribution in [1.29, 1.82) is 0 Å². The van der Waals surface area contributed by atoms with E-state index in [-0.39, 0.29) is 5.56 Å². The Labute approximate surface area is 135 Å². The molecule has 0 aliphatic heterocycles. The highest BCUT2D eigenvalue weighted by Gasteiger charge is 2.16. The van der Waals surface area contributed by atoms with Crippen LogP contribution in [0, 0.1) is 6.92 Å². The standard InChI is InChI=1S/C19H20N2O2/c1-3-6-17-20-18-15(19(22)23)9-5-10-16(18)21(17)12-14-8-4-7-13(2)11-14/h4-5,7-11H,3,6,12H2,1-2H3,(H,22,23). The van der Waals surface area contributed by atoms with Crippen molar-refractivity contribution in [2.75, 3.05) is 0 Å². The van der Waals surface area contributed by atoms with E-state index < -0.39 is 5.97 Å². The zero-order valence-electron chi connectivity index (χ0n) is 13.4. The van der Waals surface area contributed by atoms with Gasteiger partial charge in [0.05, 0.1) is 11.1 Å². The summed E-state index contributed by atoms with van der Waals surface area (Å²) in [7, 11) is 0. The molecule has 3 aromatic rings. The van der Waals surface area contributed by atoms with Crippen LogP contribution in [0.5, 0.6) is 0 Å². The number of aromatic nitrogens is 2. The maximum absolute atomic E-state index is 11.4. The number of carbonyl (C=O) groups is 1. The first kappa shape index (κ1) is 15.3. The number of aryl methyl sites for hydroxylation is 2. The zero-order chi connectivity index (χ0) is 16.4. The molecule has 0 aliphatic carbocycles. The van der Waals surface area contributed by atoms with Gasteiger partial charge in [-0.25, -0.2) is 9.78 Å². The van der Waals surface area contributed by atoms with Crippen molar-refractivity contribution in [3.63, 3.8) is 0 Å². The van der Waals surface area contributed by atoms with E-state index in [0.29, 0.717) is 12.1 Å². The average molecular weight is 308 g/mol. The van der Waals surface area contributed by atoms with Gasteiger partial charge in [0, 0.05) is 13.0 Å². The molecule has 4 heteroatoms. The van der Waals surface area contributed by atoms with Gasteiger partial charge < -0.3 is 9.67 Å². The molecular formula is C19H20N2O2. The fraction of sp³-hybridized carbons (Fsp3) is 0.263. The molecule has 1 N–H and O–H groups in total. The van der Waals surface area contributed by atoms with Crippen LogP contribution in [0.3, 0.4) is 0 Å². The molecular weight excluding hydrogens is 288 g/mol. The van der Waals surface area contributed by atoms with Gasteiger partial charge in [-0.1, -0.05) is 42.8 Å². The minimum atomic E-state index is -0.932. The summed E-state index contributed by atoms with van der Waals surface area (Å²) in [5, 5.41) is 9.39. The summed E-state index contributed by atoms with van der Waals surface area (Å²) in [6, 6.07) is 13.7. The molecule has 0 saturated carbocycles. The SMILES string of the molecule is CCCc1nc2c(C(=O)O)cccc2n1Cc1cccc(C)c1. The summed E-state index contributed by atoms with van der Waals surface area (Å²) in [4.78, 5) is 16.1. The van der Waals surface area contributed by atoms with Crippen molar-refractivity contribution >= 4 is 17.0 Å².